The molecule has 0 bridgehead atoms. The van der Waals surface area contributed by atoms with E-state index in [4.69, 9.17) is 0 Å². The first-order valence-corrected chi connectivity index (χ1v) is 11.1. The molecule has 1 aliphatic heterocycles. The maximum Gasteiger partial charge on any atom is 0.350 e. The zero-order valence-corrected chi connectivity index (χ0v) is 19.6. The number of fused-ring (bicyclic) bond motifs is 1. The molecule has 0 aliphatic carbocycles. The number of ketones is 1. The molecule has 0 saturated heterocycles. The lowest BCUT2D eigenvalue weighted by molar-refractivity contribution is 0.0889. The highest BCUT2D eigenvalue weighted by molar-refractivity contribution is 6.10. The van der Waals surface area contributed by atoms with E-state index in [2.05, 4.69) is 10.00 Å². The van der Waals surface area contributed by atoms with Crippen molar-refractivity contribution in [2.45, 2.75) is 59.2 Å². The number of hydrogen-bond donors (Lipinski definition) is 1. The molecule has 0 saturated carbocycles. The molecular weight excluding hydrogens is 423 g/mol. The van der Waals surface area contributed by atoms with Crippen molar-refractivity contribution in [1.29, 1.82) is 0 Å². The number of benzene rings is 2. The zero-order chi connectivity index (χ0) is 24.1. The van der Waals surface area contributed by atoms with E-state index in [-0.39, 0.29) is 28.9 Å². The number of carbonyl (C=O) groups excluding carboxylic acids is 1. The van der Waals surface area contributed by atoms with Crippen molar-refractivity contribution < 1.29 is 14.3 Å². The van der Waals surface area contributed by atoms with E-state index in [0.29, 0.717) is 18.8 Å². The molecule has 0 fully saturated rings. The summed E-state index contributed by atoms with van der Waals surface area (Å²) in [6, 6.07) is 10.5. The van der Waals surface area contributed by atoms with Crippen molar-refractivity contribution in [2.24, 2.45) is 0 Å². The lowest BCUT2D eigenvalue weighted by Crippen LogP contribution is -2.52. The molecule has 0 amide bonds. The van der Waals surface area contributed by atoms with Gasteiger partial charge >= 0.3 is 5.69 Å². The number of carbonyl (C=O) groups is 1. The van der Waals surface area contributed by atoms with E-state index in [1.807, 2.05) is 52.0 Å². The molecule has 3 aromatic rings. The Labute approximate surface area is 192 Å². The Morgan fingerprint density at radius 1 is 1.18 bits per heavy atom. The highest BCUT2D eigenvalue weighted by Gasteiger charge is 2.45. The fraction of sp³-hybridized carbons (Fsp3) is 0.400. The van der Waals surface area contributed by atoms with Gasteiger partial charge in [-0.3, -0.25) is 9.36 Å². The number of anilines is 1. The molecule has 2 heterocycles. The number of aromatic nitrogens is 3. The largest absolute Gasteiger partial charge is 0.388 e. The molecule has 1 aliphatic rings. The van der Waals surface area contributed by atoms with Crippen LogP contribution in [-0.2, 0) is 18.6 Å². The summed E-state index contributed by atoms with van der Waals surface area (Å²) in [5.41, 5.74) is 1.35. The van der Waals surface area contributed by atoms with Gasteiger partial charge in [0.1, 0.15) is 18.1 Å². The molecule has 2 aromatic carbocycles. The summed E-state index contributed by atoms with van der Waals surface area (Å²) in [4.78, 5) is 28.6. The van der Waals surface area contributed by atoms with Gasteiger partial charge in [0, 0.05) is 24.7 Å². The van der Waals surface area contributed by atoms with Crippen LogP contribution < -0.4 is 10.6 Å². The number of aliphatic hydroxyl groups is 1. The average molecular weight is 453 g/mol. The number of hydrogen-bond acceptors (Lipinski definition) is 5. The lowest BCUT2D eigenvalue weighted by Gasteiger charge is -2.44. The Kier molecular flexibility index (Phi) is 5.74. The van der Waals surface area contributed by atoms with Crippen molar-refractivity contribution in [3.8, 4) is 5.69 Å². The van der Waals surface area contributed by atoms with Gasteiger partial charge in [-0.1, -0.05) is 24.3 Å². The topological polar surface area (TPSA) is 80.4 Å². The van der Waals surface area contributed by atoms with Crippen LogP contribution in [-0.4, -0.2) is 37.8 Å². The van der Waals surface area contributed by atoms with Crippen LogP contribution in [0.4, 0.5) is 10.1 Å². The maximum atomic E-state index is 15.4. The van der Waals surface area contributed by atoms with Gasteiger partial charge in [0.05, 0.1) is 11.1 Å². The molecule has 1 aromatic heterocycles. The van der Waals surface area contributed by atoms with Gasteiger partial charge in [0.15, 0.2) is 11.6 Å². The molecule has 33 heavy (non-hydrogen) atoms. The monoisotopic (exact) mass is 452 g/mol. The summed E-state index contributed by atoms with van der Waals surface area (Å²) in [6.07, 6.45) is 0. The first kappa shape index (κ1) is 22.9. The van der Waals surface area contributed by atoms with Crippen molar-refractivity contribution in [1.82, 2.24) is 14.3 Å². The van der Waals surface area contributed by atoms with Crippen molar-refractivity contribution in [2.75, 3.05) is 11.4 Å². The highest BCUT2D eigenvalue weighted by atomic mass is 19.1. The molecule has 174 valence electrons. The normalized spacial score (nSPS) is 18.2. The summed E-state index contributed by atoms with van der Waals surface area (Å²) in [7, 11) is 0. The van der Waals surface area contributed by atoms with Gasteiger partial charge in [0.25, 0.3) is 0 Å². The van der Waals surface area contributed by atoms with Gasteiger partial charge < -0.3 is 10.0 Å². The molecule has 8 heteroatoms. The number of rotatable bonds is 5. The van der Waals surface area contributed by atoms with Crippen LogP contribution in [0.5, 0.6) is 0 Å². The van der Waals surface area contributed by atoms with Crippen LogP contribution in [0.1, 0.15) is 55.0 Å². The summed E-state index contributed by atoms with van der Waals surface area (Å²) >= 11 is 0. The van der Waals surface area contributed by atoms with Crippen molar-refractivity contribution in [3.63, 3.8) is 0 Å². The van der Waals surface area contributed by atoms with Gasteiger partial charge in [-0.05, 0) is 57.9 Å². The van der Waals surface area contributed by atoms with Crippen LogP contribution in [0.25, 0.3) is 5.69 Å². The second kappa shape index (κ2) is 8.26. The summed E-state index contributed by atoms with van der Waals surface area (Å²) in [5, 5.41) is 13.7. The van der Waals surface area contributed by atoms with Crippen LogP contribution in [0.15, 0.2) is 41.2 Å². The molecule has 1 atom stereocenters. The summed E-state index contributed by atoms with van der Waals surface area (Å²) < 4.78 is 17.6. The molecule has 1 N–H and O–H groups in total. The third-order valence-corrected chi connectivity index (χ3v) is 6.59. The smallest absolute Gasteiger partial charge is 0.350 e. The maximum absolute atomic E-state index is 15.4. The second-order valence-electron chi connectivity index (χ2n) is 9.03. The van der Waals surface area contributed by atoms with Crippen LogP contribution in [0, 0.1) is 12.7 Å². The Morgan fingerprint density at radius 3 is 2.45 bits per heavy atom. The molecule has 1 unspecified atom stereocenters. The quantitative estimate of drug-likeness (QED) is 0.642. The lowest BCUT2D eigenvalue weighted by atomic mass is 9.71. The predicted octanol–water partition coefficient (Wildman–Crippen LogP) is 3.36. The summed E-state index contributed by atoms with van der Waals surface area (Å²) in [5.74, 6) is -0.715. The number of aryl methyl sites for hydroxylation is 1. The van der Waals surface area contributed by atoms with E-state index in [9.17, 15) is 14.7 Å². The Morgan fingerprint density at radius 2 is 1.88 bits per heavy atom. The average Bonchev–Trinajstić information content (AvgIpc) is 3.11. The number of nitrogens with zero attached hydrogens (tertiary/aromatic N) is 4. The number of Topliss-reactive ketones (excluding diaryl/α,β-unsaturated/α-hetero) is 1. The van der Waals surface area contributed by atoms with E-state index in [0.717, 1.165) is 15.8 Å². The molecule has 0 spiro atoms. The van der Waals surface area contributed by atoms with E-state index in [1.165, 1.54) is 16.7 Å². The van der Waals surface area contributed by atoms with Crippen LogP contribution in [0.2, 0.25) is 0 Å². The third-order valence-electron chi connectivity index (χ3n) is 6.59. The Bertz CT molecular complexity index is 1290. The van der Waals surface area contributed by atoms with Crippen LogP contribution >= 0.6 is 0 Å². The zero-order valence-electron chi connectivity index (χ0n) is 19.6. The van der Waals surface area contributed by atoms with Crippen molar-refractivity contribution in [3.05, 3.63) is 75.2 Å². The first-order valence-electron chi connectivity index (χ1n) is 11.1. The van der Waals surface area contributed by atoms with Gasteiger partial charge in [-0.15, -0.1) is 5.10 Å². The minimum atomic E-state index is -0.846. The molecular formula is C25H29FN4O3. The molecule has 4 rings (SSSR count). The standard InChI is InChI=1S/C25H29FN4O3/c1-6-28-22(13-31)27-30(24(28)33)21-12-20-17(11-19(21)26)23(32)25(5,14-29(20)15(2)3)18-10-8-7-9-16(18)4/h7-12,15,31H,6,13-14H2,1-5H3. The molecule has 7 nitrogen and oxygen atoms in total. The Balaban J connectivity index is 1.93. The Hall–Kier alpha value is -3.26. The minimum Gasteiger partial charge on any atom is -0.388 e. The number of halogens is 1. The van der Waals surface area contributed by atoms with Crippen LogP contribution in [0.3, 0.4) is 0 Å². The fourth-order valence-corrected chi connectivity index (χ4v) is 4.82. The fourth-order valence-electron chi connectivity index (χ4n) is 4.82. The SMILES string of the molecule is CCn1c(CO)nn(-c2cc3c(cc2F)C(=O)C(C)(c2ccccc2C)CN3C(C)C)c1=O. The predicted molar refractivity (Wildman–Crippen MR) is 125 cm³/mol. The van der Waals surface area contributed by atoms with E-state index < -0.39 is 23.5 Å². The summed E-state index contributed by atoms with van der Waals surface area (Å²) in [6.45, 7) is 9.95. The first-order chi connectivity index (χ1) is 15.6. The van der Waals surface area contributed by atoms with Gasteiger partial charge in [-0.25, -0.2) is 9.18 Å². The minimum absolute atomic E-state index is 0.0245. The third kappa shape index (κ3) is 3.49. The molecule has 0 radical (unpaired) electrons. The van der Waals surface area contributed by atoms with Gasteiger partial charge in [0.2, 0.25) is 0 Å². The van der Waals surface area contributed by atoms with E-state index >= 15 is 4.39 Å². The van der Waals surface area contributed by atoms with Crippen molar-refractivity contribution >= 4 is 11.5 Å². The number of aliphatic hydroxyl groups excluding tert-OH is 1. The second-order valence-corrected chi connectivity index (χ2v) is 9.03. The van der Waals surface area contributed by atoms with Gasteiger partial charge in [-0.2, -0.15) is 4.68 Å². The highest BCUT2D eigenvalue weighted by Crippen LogP contribution is 2.42. The van der Waals surface area contributed by atoms with E-state index in [1.54, 1.807) is 6.92 Å².